The van der Waals surface area contributed by atoms with Crippen LogP contribution in [-0.4, -0.2) is 10.1 Å². The maximum absolute atomic E-state index is 9.27. The van der Waals surface area contributed by atoms with E-state index < -0.39 is 0 Å². The largest absolute Gasteiger partial charge is 0.512 e. The zero-order valence-electron chi connectivity index (χ0n) is 6.47. The zero-order valence-corrected chi connectivity index (χ0v) is 7.29. The summed E-state index contributed by atoms with van der Waals surface area (Å²) in [6.07, 6.45) is 8.15. The first-order valence-corrected chi connectivity index (χ1v) is 4.70. The van der Waals surface area contributed by atoms with Gasteiger partial charge in [-0.2, -0.15) is 0 Å². The van der Waals surface area contributed by atoms with Crippen LogP contribution in [0.3, 0.4) is 0 Å². The molecule has 0 saturated carbocycles. The summed E-state index contributed by atoms with van der Waals surface area (Å²) in [7, 11) is 0. The van der Waals surface area contributed by atoms with Crippen LogP contribution in [0.4, 0.5) is 0 Å². The van der Waals surface area contributed by atoms with Crippen LogP contribution in [0.2, 0.25) is 0 Å². The normalized spacial score (nSPS) is 22.3. The molecule has 1 aromatic rings. The van der Waals surface area contributed by atoms with E-state index in [0.29, 0.717) is 12.2 Å². The van der Waals surface area contributed by atoms with Crippen LogP contribution in [-0.2, 0) is 0 Å². The lowest BCUT2D eigenvalue weighted by Crippen LogP contribution is -1.99. The molecule has 0 aliphatic heterocycles. The van der Waals surface area contributed by atoms with Crippen molar-refractivity contribution in [2.24, 2.45) is 0 Å². The van der Waals surface area contributed by atoms with Crippen molar-refractivity contribution in [2.45, 2.75) is 12.3 Å². The maximum Gasteiger partial charge on any atom is 0.0998 e. The Bertz CT molecular complexity index is 313. The van der Waals surface area contributed by atoms with Crippen LogP contribution in [0.15, 0.2) is 35.6 Å². The van der Waals surface area contributed by atoms with Gasteiger partial charge in [-0.1, -0.05) is 12.2 Å². The van der Waals surface area contributed by atoms with Gasteiger partial charge < -0.3 is 5.11 Å². The Morgan fingerprint density at radius 2 is 2.50 bits per heavy atom. The summed E-state index contributed by atoms with van der Waals surface area (Å²) in [5.41, 5.74) is 0. The summed E-state index contributed by atoms with van der Waals surface area (Å²) < 4.78 is 0. The number of nitrogens with zero attached hydrogens (tertiary/aromatic N) is 1. The number of aromatic nitrogens is 1. The summed E-state index contributed by atoms with van der Waals surface area (Å²) in [4.78, 5) is 4.20. The van der Waals surface area contributed by atoms with E-state index in [1.807, 2.05) is 11.5 Å². The van der Waals surface area contributed by atoms with Gasteiger partial charge in [0.1, 0.15) is 0 Å². The second-order valence-electron chi connectivity index (χ2n) is 2.72. The first kappa shape index (κ1) is 7.55. The van der Waals surface area contributed by atoms with E-state index in [2.05, 4.69) is 11.1 Å². The fourth-order valence-corrected chi connectivity index (χ4v) is 1.97. The van der Waals surface area contributed by atoms with Crippen molar-refractivity contribution in [3.05, 3.63) is 40.6 Å². The molecule has 1 heterocycles. The van der Waals surface area contributed by atoms with Crippen molar-refractivity contribution in [3.63, 3.8) is 0 Å². The van der Waals surface area contributed by atoms with E-state index in [1.54, 1.807) is 23.6 Å². The molecule has 2 rings (SSSR count). The lowest BCUT2D eigenvalue weighted by molar-refractivity contribution is 0.379. The van der Waals surface area contributed by atoms with Crippen molar-refractivity contribution >= 4 is 11.3 Å². The van der Waals surface area contributed by atoms with Crippen LogP contribution >= 0.6 is 11.3 Å². The first-order valence-electron chi connectivity index (χ1n) is 3.82. The van der Waals surface area contributed by atoms with E-state index in [0.717, 1.165) is 5.01 Å². The van der Waals surface area contributed by atoms with Crippen LogP contribution in [0, 0.1) is 0 Å². The Kier molecular flexibility index (Phi) is 1.96. The van der Waals surface area contributed by atoms with E-state index in [4.69, 9.17) is 0 Å². The van der Waals surface area contributed by atoms with Gasteiger partial charge in [0.25, 0.3) is 0 Å². The number of rotatable bonds is 1. The highest BCUT2D eigenvalue weighted by molar-refractivity contribution is 7.09. The van der Waals surface area contributed by atoms with Crippen LogP contribution in [0.1, 0.15) is 17.3 Å². The number of hydrogen-bond donors (Lipinski definition) is 1. The monoisotopic (exact) mass is 179 g/mol. The number of aliphatic hydroxyl groups excluding tert-OH is 1. The molecule has 3 heteroatoms. The predicted molar refractivity (Wildman–Crippen MR) is 49.3 cm³/mol. The molecule has 12 heavy (non-hydrogen) atoms. The molecular formula is C9H9NOS. The molecule has 1 N–H and O–H groups in total. The lowest BCUT2D eigenvalue weighted by Gasteiger charge is -2.11. The fourth-order valence-electron chi connectivity index (χ4n) is 1.25. The van der Waals surface area contributed by atoms with Gasteiger partial charge in [-0.05, 0) is 6.08 Å². The van der Waals surface area contributed by atoms with Gasteiger partial charge in [0.2, 0.25) is 0 Å². The molecule has 0 radical (unpaired) electrons. The first-order chi connectivity index (χ1) is 5.86. The third-order valence-corrected chi connectivity index (χ3v) is 2.74. The third-order valence-electron chi connectivity index (χ3n) is 1.83. The minimum Gasteiger partial charge on any atom is -0.512 e. The van der Waals surface area contributed by atoms with E-state index in [1.165, 1.54) is 0 Å². The quantitative estimate of drug-likeness (QED) is 0.718. The molecule has 0 aromatic carbocycles. The molecule has 0 amide bonds. The molecule has 1 atom stereocenters. The summed E-state index contributed by atoms with van der Waals surface area (Å²) >= 11 is 1.63. The molecule has 62 valence electrons. The summed E-state index contributed by atoms with van der Waals surface area (Å²) in [6.45, 7) is 0. The highest BCUT2D eigenvalue weighted by Crippen LogP contribution is 2.28. The highest BCUT2D eigenvalue weighted by atomic mass is 32.1. The van der Waals surface area contributed by atoms with E-state index in [-0.39, 0.29) is 5.92 Å². The Morgan fingerprint density at radius 1 is 1.58 bits per heavy atom. The Hall–Kier alpha value is -1.09. The maximum atomic E-state index is 9.27. The Labute approximate surface area is 74.9 Å². The van der Waals surface area contributed by atoms with Crippen LogP contribution in [0.25, 0.3) is 0 Å². The van der Waals surface area contributed by atoms with Crippen molar-refractivity contribution in [2.75, 3.05) is 0 Å². The van der Waals surface area contributed by atoms with Gasteiger partial charge in [0, 0.05) is 23.9 Å². The average Bonchev–Trinajstić information content (AvgIpc) is 2.56. The molecule has 0 spiro atoms. The van der Waals surface area contributed by atoms with Gasteiger partial charge in [0.15, 0.2) is 0 Å². The SMILES string of the molecule is OC1=CC=CC(c2nccs2)C1. The van der Waals surface area contributed by atoms with Gasteiger partial charge in [0.05, 0.1) is 10.8 Å². The second kappa shape index (κ2) is 3.11. The zero-order chi connectivity index (χ0) is 8.39. The summed E-state index contributed by atoms with van der Waals surface area (Å²) in [5, 5.41) is 12.3. The molecule has 1 aromatic heterocycles. The van der Waals surface area contributed by atoms with Crippen molar-refractivity contribution < 1.29 is 5.11 Å². The van der Waals surface area contributed by atoms with Gasteiger partial charge in [-0.15, -0.1) is 11.3 Å². The molecule has 1 unspecified atom stereocenters. The standard InChI is InChI=1S/C9H9NOS/c11-8-3-1-2-7(6-8)9-10-4-5-12-9/h1-5,7,11H,6H2. The Morgan fingerprint density at radius 3 is 3.17 bits per heavy atom. The minimum absolute atomic E-state index is 0.273. The summed E-state index contributed by atoms with van der Waals surface area (Å²) in [6, 6.07) is 0. The van der Waals surface area contributed by atoms with Gasteiger partial charge >= 0.3 is 0 Å². The van der Waals surface area contributed by atoms with Crippen molar-refractivity contribution in [1.82, 2.24) is 4.98 Å². The van der Waals surface area contributed by atoms with Crippen molar-refractivity contribution in [1.29, 1.82) is 0 Å². The minimum atomic E-state index is 0.273. The Balaban J connectivity index is 2.19. The van der Waals surface area contributed by atoms with Crippen molar-refractivity contribution in [3.8, 4) is 0 Å². The molecule has 0 saturated heterocycles. The number of aliphatic hydroxyl groups is 1. The van der Waals surface area contributed by atoms with Crippen LogP contribution in [0.5, 0.6) is 0 Å². The molecule has 1 aliphatic carbocycles. The highest BCUT2D eigenvalue weighted by Gasteiger charge is 2.14. The topological polar surface area (TPSA) is 33.1 Å². The van der Waals surface area contributed by atoms with E-state index in [9.17, 15) is 5.11 Å². The van der Waals surface area contributed by atoms with Crippen LogP contribution < -0.4 is 0 Å². The summed E-state index contributed by atoms with van der Waals surface area (Å²) in [5.74, 6) is 0.715. The molecule has 0 bridgehead atoms. The van der Waals surface area contributed by atoms with Gasteiger partial charge in [-0.25, -0.2) is 4.98 Å². The molecule has 0 fully saturated rings. The lowest BCUT2D eigenvalue weighted by atomic mass is 10.0. The number of thiazole rings is 1. The molecule has 1 aliphatic rings. The smallest absolute Gasteiger partial charge is 0.0998 e. The average molecular weight is 179 g/mol. The predicted octanol–water partition coefficient (Wildman–Crippen LogP) is 2.63. The number of allylic oxidation sites excluding steroid dienone is 4. The van der Waals surface area contributed by atoms with Gasteiger partial charge in [-0.3, -0.25) is 0 Å². The molecule has 2 nitrogen and oxygen atoms in total. The molecular weight excluding hydrogens is 170 g/mol. The fraction of sp³-hybridized carbons (Fsp3) is 0.222. The number of hydrogen-bond acceptors (Lipinski definition) is 3. The second-order valence-corrected chi connectivity index (χ2v) is 3.65. The third kappa shape index (κ3) is 1.41. The van der Waals surface area contributed by atoms with E-state index >= 15 is 0 Å².